The highest BCUT2D eigenvalue weighted by molar-refractivity contribution is 9.10. The van der Waals surface area contributed by atoms with Crippen molar-refractivity contribution in [2.24, 2.45) is 0 Å². The zero-order chi connectivity index (χ0) is 15.8. The van der Waals surface area contributed by atoms with Gasteiger partial charge in [-0.2, -0.15) is 0 Å². The number of ether oxygens (including phenoxy) is 1. The van der Waals surface area contributed by atoms with E-state index in [1.54, 1.807) is 0 Å². The largest absolute Gasteiger partial charge is 0.355 e. The van der Waals surface area contributed by atoms with Crippen molar-refractivity contribution in [2.75, 3.05) is 6.61 Å². The molecular weight excluding hydrogens is 354 g/mol. The van der Waals surface area contributed by atoms with Gasteiger partial charge in [-0.05, 0) is 29.7 Å². The molecule has 3 nitrogen and oxygen atoms in total. The Labute approximate surface area is 144 Å². The molecule has 118 valence electrons. The second-order valence-corrected chi connectivity index (χ2v) is 7.06. The number of amides is 1. The minimum atomic E-state index is -0.150. The lowest BCUT2D eigenvalue weighted by molar-refractivity contribution is -0.144. The molecule has 0 spiro atoms. The molecule has 2 heterocycles. The summed E-state index contributed by atoms with van der Waals surface area (Å²) in [6.07, 6.45) is 1.29. The van der Waals surface area contributed by atoms with Gasteiger partial charge < -0.3 is 9.64 Å². The minimum Gasteiger partial charge on any atom is -0.355 e. The summed E-state index contributed by atoms with van der Waals surface area (Å²) in [5, 5.41) is 0. The van der Waals surface area contributed by atoms with Crippen LogP contribution in [-0.4, -0.2) is 23.6 Å². The van der Waals surface area contributed by atoms with Gasteiger partial charge in [-0.3, -0.25) is 4.79 Å². The van der Waals surface area contributed by atoms with Crippen LogP contribution in [0.15, 0.2) is 59.1 Å². The molecule has 0 radical (unpaired) electrons. The molecule has 2 aliphatic rings. The highest BCUT2D eigenvalue weighted by Gasteiger charge is 2.46. The van der Waals surface area contributed by atoms with Crippen molar-refractivity contribution in [1.82, 2.24) is 4.90 Å². The van der Waals surface area contributed by atoms with Gasteiger partial charge in [0.15, 0.2) is 0 Å². The van der Waals surface area contributed by atoms with Crippen molar-refractivity contribution in [3.63, 3.8) is 0 Å². The van der Waals surface area contributed by atoms with E-state index in [-0.39, 0.29) is 24.1 Å². The zero-order valence-electron chi connectivity index (χ0n) is 12.7. The molecule has 2 aromatic carbocycles. The Bertz CT molecular complexity index is 701. The lowest BCUT2D eigenvalue weighted by Crippen LogP contribution is -2.45. The molecule has 4 rings (SSSR count). The lowest BCUT2D eigenvalue weighted by atomic mass is 9.88. The number of hydrogen-bond donors (Lipinski definition) is 0. The number of benzene rings is 2. The number of halogens is 1. The van der Waals surface area contributed by atoms with Gasteiger partial charge in [0, 0.05) is 16.8 Å². The Morgan fingerprint density at radius 1 is 1.00 bits per heavy atom. The van der Waals surface area contributed by atoms with Gasteiger partial charge in [-0.15, -0.1) is 0 Å². The predicted octanol–water partition coefficient (Wildman–Crippen LogP) is 4.25. The Morgan fingerprint density at radius 2 is 1.74 bits per heavy atom. The van der Waals surface area contributed by atoms with Crippen LogP contribution >= 0.6 is 15.9 Å². The maximum atomic E-state index is 12.5. The molecule has 4 heteroatoms. The Balaban J connectivity index is 1.65. The molecule has 0 saturated carbocycles. The quantitative estimate of drug-likeness (QED) is 0.789. The van der Waals surface area contributed by atoms with Crippen LogP contribution in [0, 0.1) is 0 Å². The van der Waals surface area contributed by atoms with E-state index in [2.05, 4.69) is 52.3 Å². The molecule has 0 N–H and O–H groups in total. The van der Waals surface area contributed by atoms with E-state index in [4.69, 9.17) is 4.74 Å². The number of hydrogen-bond acceptors (Lipinski definition) is 2. The maximum Gasteiger partial charge on any atom is 0.225 e. The van der Waals surface area contributed by atoms with E-state index in [1.807, 2.05) is 23.1 Å². The van der Waals surface area contributed by atoms with Crippen LogP contribution in [0.25, 0.3) is 0 Å². The van der Waals surface area contributed by atoms with Crippen LogP contribution in [0.5, 0.6) is 0 Å². The topological polar surface area (TPSA) is 29.5 Å². The first kappa shape index (κ1) is 14.9. The molecule has 23 heavy (non-hydrogen) atoms. The van der Waals surface area contributed by atoms with Gasteiger partial charge in [0.05, 0.1) is 12.6 Å². The second kappa shape index (κ2) is 6.10. The molecule has 2 aliphatic heterocycles. The Kier molecular flexibility index (Phi) is 3.95. The smallest absolute Gasteiger partial charge is 0.225 e. The fourth-order valence-corrected chi connectivity index (χ4v) is 3.94. The van der Waals surface area contributed by atoms with E-state index in [0.717, 1.165) is 16.5 Å². The fourth-order valence-electron chi connectivity index (χ4n) is 3.68. The van der Waals surface area contributed by atoms with Crippen molar-refractivity contribution in [2.45, 2.75) is 31.0 Å². The summed E-state index contributed by atoms with van der Waals surface area (Å²) in [7, 11) is 0. The summed E-state index contributed by atoms with van der Waals surface area (Å²) in [5.41, 5.74) is 2.39. The van der Waals surface area contributed by atoms with Crippen LogP contribution in [0.2, 0.25) is 0 Å². The van der Waals surface area contributed by atoms with Crippen molar-refractivity contribution in [3.8, 4) is 0 Å². The van der Waals surface area contributed by atoms with E-state index in [0.29, 0.717) is 13.0 Å². The molecule has 2 saturated heterocycles. The summed E-state index contributed by atoms with van der Waals surface area (Å²) in [6.45, 7) is 0.577. The van der Waals surface area contributed by atoms with Crippen molar-refractivity contribution < 1.29 is 9.53 Å². The molecule has 3 atom stereocenters. The average Bonchev–Trinajstić information content (AvgIpc) is 3.03. The summed E-state index contributed by atoms with van der Waals surface area (Å²) in [6, 6.07) is 18.6. The summed E-state index contributed by atoms with van der Waals surface area (Å²) in [5.74, 6) is 0.448. The monoisotopic (exact) mass is 371 g/mol. The SMILES string of the molecule is O=C1CCC(c2ccc(Br)cc2)[C@@H]2OCC(c3ccccc3)N12. The first-order valence-electron chi connectivity index (χ1n) is 7.97. The highest BCUT2D eigenvalue weighted by Crippen LogP contribution is 2.43. The summed E-state index contributed by atoms with van der Waals surface area (Å²) < 4.78 is 7.15. The van der Waals surface area contributed by atoms with E-state index in [1.165, 1.54) is 5.56 Å². The van der Waals surface area contributed by atoms with Crippen molar-refractivity contribution in [1.29, 1.82) is 0 Å². The minimum absolute atomic E-state index is 0.0342. The number of rotatable bonds is 2. The third-order valence-corrected chi connectivity index (χ3v) is 5.35. The molecule has 0 aromatic heterocycles. The first-order valence-corrected chi connectivity index (χ1v) is 8.76. The van der Waals surface area contributed by atoms with Crippen LogP contribution < -0.4 is 0 Å². The zero-order valence-corrected chi connectivity index (χ0v) is 14.3. The van der Waals surface area contributed by atoms with Crippen LogP contribution in [0.1, 0.15) is 35.9 Å². The van der Waals surface area contributed by atoms with Crippen molar-refractivity contribution in [3.05, 3.63) is 70.2 Å². The number of carbonyl (C=O) groups is 1. The number of fused-ring (bicyclic) bond motifs is 1. The molecule has 0 bridgehead atoms. The molecule has 0 aliphatic carbocycles. The number of carbonyl (C=O) groups excluding carboxylic acids is 1. The van der Waals surface area contributed by atoms with Gasteiger partial charge in [0.1, 0.15) is 6.23 Å². The van der Waals surface area contributed by atoms with Crippen LogP contribution in [-0.2, 0) is 9.53 Å². The lowest BCUT2D eigenvalue weighted by Gasteiger charge is -2.38. The van der Waals surface area contributed by atoms with Gasteiger partial charge in [-0.1, -0.05) is 58.4 Å². The van der Waals surface area contributed by atoms with Gasteiger partial charge >= 0.3 is 0 Å². The number of nitrogens with zero attached hydrogens (tertiary/aromatic N) is 1. The normalized spacial score (nSPS) is 27.1. The van der Waals surface area contributed by atoms with Crippen LogP contribution in [0.4, 0.5) is 0 Å². The first-order chi connectivity index (χ1) is 11.2. The number of piperidine rings is 1. The molecule has 2 unspecified atom stereocenters. The fraction of sp³-hybridized carbons (Fsp3) is 0.316. The van der Waals surface area contributed by atoms with E-state index >= 15 is 0 Å². The maximum absolute atomic E-state index is 12.5. The third kappa shape index (κ3) is 2.70. The molecular formula is C19H18BrNO2. The van der Waals surface area contributed by atoms with Crippen molar-refractivity contribution >= 4 is 21.8 Å². The second-order valence-electron chi connectivity index (χ2n) is 6.15. The molecule has 1 amide bonds. The summed E-state index contributed by atoms with van der Waals surface area (Å²) >= 11 is 3.48. The average molecular weight is 372 g/mol. The van der Waals surface area contributed by atoms with Gasteiger partial charge in [0.25, 0.3) is 0 Å². The van der Waals surface area contributed by atoms with E-state index in [9.17, 15) is 4.79 Å². The highest BCUT2D eigenvalue weighted by atomic mass is 79.9. The molecule has 2 aromatic rings. The summed E-state index contributed by atoms with van der Waals surface area (Å²) in [4.78, 5) is 14.5. The van der Waals surface area contributed by atoms with Gasteiger partial charge in [-0.25, -0.2) is 0 Å². The van der Waals surface area contributed by atoms with Crippen LogP contribution in [0.3, 0.4) is 0 Å². The predicted molar refractivity (Wildman–Crippen MR) is 91.9 cm³/mol. The van der Waals surface area contributed by atoms with Gasteiger partial charge in [0.2, 0.25) is 5.91 Å². The Hall–Kier alpha value is -1.65. The van der Waals surface area contributed by atoms with E-state index < -0.39 is 0 Å². The molecule has 2 fully saturated rings. The standard InChI is InChI=1S/C19H18BrNO2/c20-15-8-6-13(7-9-15)16-10-11-18(22)21-17(12-23-19(16)21)14-4-2-1-3-5-14/h1-9,16-17,19H,10-12H2/t16?,17?,19-/m0/s1. The Morgan fingerprint density at radius 3 is 2.48 bits per heavy atom. The third-order valence-electron chi connectivity index (χ3n) is 4.82.